The van der Waals surface area contributed by atoms with Crippen LogP contribution in [0.25, 0.3) is 38.8 Å². The highest BCUT2D eigenvalue weighted by Gasteiger charge is 2.15. The molecule has 2 heterocycles. The van der Waals surface area contributed by atoms with E-state index in [-0.39, 0.29) is 5.91 Å². The number of carbonyl (C=O) groups is 1. The molecule has 5 nitrogen and oxygen atoms in total. The first-order chi connectivity index (χ1) is 17.0. The molecule has 6 heteroatoms. The van der Waals surface area contributed by atoms with Crippen molar-refractivity contribution in [1.29, 1.82) is 0 Å². The minimum Gasteiger partial charge on any atom is -0.496 e. The number of aryl methyl sites for hydroxylation is 1. The predicted octanol–water partition coefficient (Wildman–Crippen LogP) is 7.58. The number of amides is 1. The summed E-state index contributed by atoms with van der Waals surface area (Å²) in [5, 5.41) is 6.25. The maximum Gasteiger partial charge on any atom is 0.250 e. The molecule has 3 aromatic carbocycles. The van der Waals surface area contributed by atoms with Crippen molar-refractivity contribution < 1.29 is 13.9 Å². The Morgan fingerprint density at radius 3 is 2.43 bits per heavy atom. The SMILES string of the molecule is COc1cc2occ(-c3ccc(-c4ccccc4)cc3)c2cc1/C(C)=C/C(=O)Nc1nc(C)cs1. The molecule has 0 bridgehead atoms. The van der Waals surface area contributed by atoms with Crippen molar-refractivity contribution in [1.82, 2.24) is 4.98 Å². The average molecular weight is 481 g/mol. The summed E-state index contributed by atoms with van der Waals surface area (Å²) >= 11 is 1.40. The van der Waals surface area contributed by atoms with Crippen molar-refractivity contribution in [2.45, 2.75) is 13.8 Å². The summed E-state index contributed by atoms with van der Waals surface area (Å²) in [5.41, 5.74) is 7.58. The number of hydrogen-bond acceptors (Lipinski definition) is 5. The van der Waals surface area contributed by atoms with Crippen LogP contribution in [0.3, 0.4) is 0 Å². The van der Waals surface area contributed by atoms with E-state index in [1.807, 2.05) is 49.6 Å². The molecule has 0 saturated carbocycles. The van der Waals surface area contributed by atoms with Crippen LogP contribution in [-0.2, 0) is 4.79 Å². The lowest BCUT2D eigenvalue weighted by molar-refractivity contribution is -0.111. The average Bonchev–Trinajstić information content (AvgIpc) is 3.48. The second-order valence-corrected chi connectivity index (χ2v) is 9.11. The van der Waals surface area contributed by atoms with Gasteiger partial charge in [-0.15, -0.1) is 11.3 Å². The van der Waals surface area contributed by atoms with Crippen molar-refractivity contribution in [2.24, 2.45) is 0 Å². The highest BCUT2D eigenvalue weighted by molar-refractivity contribution is 7.13. The Hall–Kier alpha value is -4.16. The minimum atomic E-state index is -0.233. The van der Waals surface area contributed by atoms with Crippen molar-refractivity contribution in [3.8, 4) is 28.0 Å². The van der Waals surface area contributed by atoms with Crippen molar-refractivity contribution in [2.75, 3.05) is 12.4 Å². The molecule has 174 valence electrons. The normalized spacial score (nSPS) is 11.6. The summed E-state index contributed by atoms with van der Waals surface area (Å²) in [6, 6.07) is 22.6. The highest BCUT2D eigenvalue weighted by Crippen LogP contribution is 2.38. The molecule has 2 aromatic heterocycles. The lowest BCUT2D eigenvalue weighted by Crippen LogP contribution is -2.08. The summed E-state index contributed by atoms with van der Waals surface area (Å²) in [6.45, 7) is 3.79. The summed E-state index contributed by atoms with van der Waals surface area (Å²) in [7, 11) is 1.61. The number of anilines is 1. The molecule has 0 saturated heterocycles. The van der Waals surface area contributed by atoms with E-state index in [2.05, 4.69) is 46.7 Å². The molecule has 5 rings (SSSR count). The van der Waals surface area contributed by atoms with Crippen LogP contribution < -0.4 is 10.1 Å². The summed E-state index contributed by atoms with van der Waals surface area (Å²) in [5.74, 6) is 0.410. The van der Waals surface area contributed by atoms with E-state index < -0.39 is 0 Å². The number of allylic oxidation sites excluding steroid dienone is 1. The van der Waals surface area contributed by atoms with E-state index in [9.17, 15) is 4.79 Å². The summed E-state index contributed by atoms with van der Waals surface area (Å²) in [4.78, 5) is 16.9. The van der Waals surface area contributed by atoms with E-state index in [0.717, 1.165) is 44.5 Å². The van der Waals surface area contributed by atoms with Crippen molar-refractivity contribution in [3.05, 3.63) is 95.7 Å². The minimum absolute atomic E-state index is 0.233. The van der Waals surface area contributed by atoms with Crippen LogP contribution in [0.4, 0.5) is 5.13 Å². The van der Waals surface area contributed by atoms with Gasteiger partial charge in [0.15, 0.2) is 5.13 Å². The number of fused-ring (bicyclic) bond motifs is 1. The van der Waals surface area contributed by atoms with Crippen LogP contribution >= 0.6 is 11.3 Å². The first-order valence-corrected chi connectivity index (χ1v) is 12.1. The number of furan rings is 1. The van der Waals surface area contributed by atoms with Crippen LogP contribution in [-0.4, -0.2) is 18.0 Å². The molecule has 0 aliphatic rings. The number of nitrogens with zero attached hydrogens (tertiary/aromatic N) is 1. The molecule has 35 heavy (non-hydrogen) atoms. The molecule has 0 fully saturated rings. The molecule has 0 atom stereocenters. The third-order valence-corrected chi connectivity index (χ3v) is 6.70. The quantitative estimate of drug-likeness (QED) is 0.254. The Kier molecular flexibility index (Phi) is 6.21. The second kappa shape index (κ2) is 9.60. The lowest BCUT2D eigenvalue weighted by Gasteiger charge is -2.10. The smallest absolute Gasteiger partial charge is 0.250 e. The number of nitrogens with one attached hydrogen (secondary N) is 1. The number of benzene rings is 3. The van der Waals surface area contributed by atoms with Gasteiger partial charge in [-0.05, 0) is 42.2 Å². The van der Waals surface area contributed by atoms with Crippen LogP contribution in [0.2, 0.25) is 0 Å². The number of thiazole rings is 1. The van der Waals surface area contributed by atoms with E-state index in [4.69, 9.17) is 9.15 Å². The predicted molar refractivity (Wildman–Crippen MR) is 143 cm³/mol. The lowest BCUT2D eigenvalue weighted by atomic mass is 9.97. The number of rotatable bonds is 6. The van der Waals surface area contributed by atoms with Gasteiger partial charge in [-0.3, -0.25) is 10.1 Å². The standard InChI is InChI=1S/C29H24N2O3S/c1-18(13-28(32)31-29-30-19(2)17-35-29)23-14-24-25(16-34-27(24)15-26(23)33-3)22-11-9-21(10-12-22)20-7-5-4-6-8-20/h4-17H,1-3H3,(H,30,31,32)/b18-13+. The van der Waals surface area contributed by atoms with Gasteiger partial charge in [0.05, 0.1) is 19.1 Å². The van der Waals surface area contributed by atoms with Gasteiger partial charge in [0.25, 0.3) is 0 Å². The monoisotopic (exact) mass is 480 g/mol. The van der Waals surface area contributed by atoms with Gasteiger partial charge < -0.3 is 9.15 Å². The van der Waals surface area contributed by atoms with Gasteiger partial charge in [0.2, 0.25) is 5.91 Å². The number of hydrogen-bond donors (Lipinski definition) is 1. The van der Waals surface area contributed by atoms with Gasteiger partial charge in [0.1, 0.15) is 11.3 Å². The van der Waals surface area contributed by atoms with E-state index >= 15 is 0 Å². The van der Waals surface area contributed by atoms with E-state index in [1.165, 1.54) is 16.9 Å². The molecule has 1 amide bonds. The van der Waals surface area contributed by atoms with Gasteiger partial charge >= 0.3 is 0 Å². The molecule has 5 aromatic rings. The maximum absolute atomic E-state index is 12.6. The van der Waals surface area contributed by atoms with Crippen LogP contribution in [0.15, 0.2) is 88.9 Å². The van der Waals surface area contributed by atoms with Gasteiger partial charge in [-0.25, -0.2) is 4.98 Å². The Labute approximate surface area is 207 Å². The van der Waals surface area contributed by atoms with E-state index in [0.29, 0.717) is 10.9 Å². The summed E-state index contributed by atoms with van der Waals surface area (Å²) < 4.78 is 11.5. The molecular weight excluding hydrogens is 456 g/mol. The van der Waals surface area contributed by atoms with Crippen molar-refractivity contribution >= 4 is 38.9 Å². The molecule has 0 spiro atoms. The van der Waals surface area contributed by atoms with Crippen LogP contribution in [0.5, 0.6) is 5.75 Å². The number of ether oxygens (including phenoxy) is 1. The van der Waals surface area contributed by atoms with Gasteiger partial charge in [0, 0.05) is 34.0 Å². The largest absolute Gasteiger partial charge is 0.496 e. The first-order valence-electron chi connectivity index (χ1n) is 11.2. The van der Waals surface area contributed by atoms with Gasteiger partial charge in [-0.2, -0.15) is 0 Å². The molecule has 0 aliphatic heterocycles. The zero-order valence-corrected chi connectivity index (χ0v) is 20.5. The molecule has 0 aliphatic carbocycles. The fourth-order valence-corrected chi connectivity index (χ4v) is 4.75. The van der Waals surface area contributed by atoms with Crippen LogP contribution in [0.1, 0.15) is 18.2 Å². The zero-order valence-electron chi connectivity index (χ0n) is 19.7. The second-order valence-electron chi connectivity index (χ2n) is 8.25. The Bertz CT molecular complexity index is 1530. The Morgan fingerprint density at radius 2 is 1.74 bits per heavy atom. The highest BCUT2D eigenvalue weighted by atomic mass is 32.1. The van der Waals surface area contributed by atoms with Crippen LogP contribution in [0, 0.1) is 6.92 Å². The Morgan fingerprint density at radius 1 is 1.03 bits per heavy atom. The third-order valence-electron chi connectivity index (χ3n) is 5.82. The number of carbonyl (C=O) groups excluding carboxylic acids is 1. The molecular formula is C29H24N2O3S. The zero-order chi connectivity index (χ0) is 24.4. The number of aromatic nitrogens is 1. The Balaban J connectivity index is 1.48. The molecule has 0 unspecified atom stereocenters. The summed E-state index contributed by atoms with van der Waals surface area (Å²) in [6.07, 6.45) is 3.33. The van der Waals surface area contributed by atoms with Crippen molar-refractivity contribution in [3.63, 3.8) is 0 Å². The molecule has 1 N–H and O–H groups in total. The number of methoxy groups -OCH3 is 1. The van der Waals surface area contributed by atoms with Gasteiger partial charge in [-0.1, -0.05) is 54.6 Å². The third kappa shape index (κ3) is 4.74. The topological polar surface area (TPSA) is 64.4 Å². The first kappa shape index (κ1) is 22.6. The maximum atomic E-state index is 12.6. The fraction of sp³-hybridized carbons (Fsp3) is 0.103. The fourth-order valence-electron chi connectivity index (χ4n) is 4.06. The van der Waals surface area contributed by atoms with E-state index in [1.54, 1.807) is 19.4 Å². The molecule has 0 radical (unpaired) electrons.